The molecule has 1 aromatic rings. The third-order valence-corrected chi connectivity index (χ3v) is 7.46. The smallest absolute Gasteiger partial charge is 0.166 e. The maximum absolute atomic E-state index is 12.6. The molecule has 2 fully saturated rings. The Labute approximate surface area is 124 Å². The molecule has 2 saturated heterocycles. The summed E-state index contributed by atoms with van der Waals surface area (Å²) in [5, 5.41) is 8.11. The van der Waals surface area contributed by atoms with Gasteiger partial charge in [0.25, 0.3) is 0 Å². The molecule has 21 heavy (non-hydrogen) atoms. The van der Waals surface area contributed by atoms with Crippen LogP contribution in [0.15, 0.2) is 24.3 Å². The first-order valence-corrected chi connectivity index (χ1v) is 8.90. The minimum atomic E-state index is -3.02. The Balaban J connectivity index is 1.82. The van der Waals surface area contributed by atoms with E-state index in [2.05, 4.69) is 0 Å². The van der Waals surface area contributed by atoms with Crippen LogP contribution in [0.25, 0.3) is 0 Å². The number of fused-ring (bicyclic) bond motifs is 2. The SMILES string of the molecule is N#Cc1ccc(C(=O)C2CC3CCCC(C2)S3(=O)=O)cc1. The molecule has 1 aromatic carbocycles. The predicted molar refractivity (Wildman–Crippen MR) is 78.6 cm³/mol. The summed E-state index contributed by atoms with van der Waals surface area (Å²) in [5.41, 5.74) is 1.10. The largest absolute Gasteiger partial charge is 0.294 e. The Morgan fingerprint density at radius 2 is 1.67 bits per heavy atom. The number of nitrogens with zero attached hydrogens (tertiary/aromatic N) is 1. The average Bonchev–Trinajstić information content (AvgIpc) is 2.45. The number of carbonyl (C=O) groups excluding carboxylic acids is 1. The van der Waals surface area contributed by atoms with Crippen LogP contribution in [0.3, 0.4) is 0 Å². The van der Waals surface area contributed by atoms with Gasteiger partial charge in [-0.3, -0.25) is 4.79 Å². The standard InChI is InChI=1S/C16H17NO3S/c17-10-11-4-6-12(7-5-11)16(18)13-8-14-2-1-3-15(9-13)21(14,19)20/h4-7,13-15H,1-3,8-9H2. The maximum Gasteiger partial charge on any atom is 0.166 e. The van der Waals surface area contributed by atoms with Crippen molar-refractivity contribution >= 4 is 15.6 Å². The van der Waals surface area contributed by atoms with Gasteiger partial charge in [0.05, 0.1) is 22.1 Å². The van der Waals surface area contributed by atoms with E-state index in [1.165, 1.54) is 0 Å². The molecule has 110 valence electrons. The van der Waals surface area contributed by atoms with E-state index in [0.29, 0.717) is 36.8 Å². The van der Waals surface area contributed by atoms with Gasteiger partial charge in [0.1, 0.15) is 0 Å². The van der Waals surface area contributed by atoms with Gasteiger partial charge in [0.15, 0.2) is 15.6 Å². The summed E-state index contributed by atoms with van der Waals surface area (Å²) >= 11 is 0. The molecule has 2 aliphatic rings. The Bertz CT molecular complexity index is 680. The Morgan fingerprint density at radius 3 is 2.19 bits per heavy atom. The molecular weight excluding hydrogens is 286 g/mol. The van der Waals surface area contributed by atoms with Crippen LogP contribution < -0.4 is 0 Å². The number of ketones is 1. The van der Waals surface area contributed by atoms with Crippen molar-refractivity contribution in [1.29, 1.82) is 5.26 Å². The summed E-state index contributed by atoms with van der Waals surface area (Å²) in [7, 11) is -3.02. The van der Waals surface area contributed by atoms with Gasteiger partial charge in [-0.05, 0) is 37.8 Å². The van der Waals surface area contributed by atoms with Crippen LogP contribution in [0.4, 0.5) is 0 Å². The van der Waals surface area contributed by atoms with Crippen molar-refractivity contribution in [3.63, 3.8) is 0 Å². The van der Waals surface area contributed by atoms with Crippen LogP contribution in [0.2, 0.25) is 0 Å². The summed E-state index contributed by atoms with van der Waals surface area (Å²) in [5.74, 6) is -0.178. The first-order valence-electron chi connectivity index (χ1n) is 7.29. The maximum atomic E-state index is 12.6. The van der Waals surface area contributed by atoms with Crippen molar-refractivity contribution in [2.24, 2.45) is 5.92 Å². The Hall–Kier alpha value is -1.67. The molecule has 5 heteroatoms. The number of carbonyl (C=O) groups is 1. The van der Waals surface area contributed by atoms with Gasteiger partial charge in [-0.1, -0.05) is 18.6 Å². The molecule has 0 aliphatic carbocycles. The van der Waals surface area contributed by atoms with Crippen LogP contribution in [-0.4, -0.2) is 24.7 Å². The van der Waals surface area contributed by atoms with Crippen LogP contribution in [0.1, 0.15) is 48.0 Å². The van der Waals surface area contributed by atoms with E-state index in [-0.39, 0.29) is 22.2 Å². The fourth-order valence-corrected chi connectivity index (χ4v) is 6.10. The normalized spacial score (nSPS) is 30.3. The molecule has 2 atom stereocenters. The number of rotatable bonds is 2. The minimum absolute atomic E-state index is 0.0197. The van der Waals surface area contributed by atoms with E-state index in [1.807, 2.05) is 6.07 Å². The fourth-order valence-electron chi connectivity index (χ4n) is 3.57. The molecule has 0 radical (unpaired) electrons. The van der Waals surface area contributed by atoms with Crippen molar-refractivity contribution in [1.82, 2.24) is 0 Å². The number of sulfone groups is 1. The van der Waals surface area contributed by atoms with E-state index < -0.39 is 9.84 Å². The number of Topliss-reactive ketones (excluding diaryl/α,β-unsaturated/α-hetero) is 1. The lowest BCUT2D eigenvalue weighted by atomic mass is 9.84. The molecule has 0 amide bonds. The zero-order valence-electron chi connectivity index (χ0n) is 11.7. The highest BCUT2D eigenvalue weighted by Crippen LogP contribution is 2.40. The number of hydrogen-bond acceptors (Lipinski definition) is 4. The van der Waals surface area contributed by atoms with Crippen LogP contribution >= 0.6 is 0 Å². The highest BCUT2D eigenvalue weighted by atomic mass is 32.2. The third-order valence-electron chi connectivity index (χ3n) is 4.75. The monoisotopic (exact) mass is 303 g/mol. The molecule has 0 N–H and O–H groups in total. The van der Waals surface area contributed by atoms with E-state index in [4.69, 9.17) is 5.26 Å². The van der Waals surface area contributed by atoms with Crippen LogP contribution in [0, 0.1) is 17.2 Å². The van der Waals surface area contributed by atoms with Crippen molar-refractivity contribution in [2.45, 2.75) is 42.6 Å². The predicted octanol–water partition coefficient (Wildman–Crippen LogP) is 2.49. The van der Waals surface area contributed by atoms with Gasteiger partial charge in [0, 0.05) is 11.5 Å². The summed E-state index contributed by atoms with van der Waals surface area (Å²) in [4.78, 5) is 12.6. The molecule has 3 rings (SSSR count). The zero-order valence-corrected chi connectivity index (χ0v) is 12.5. The molecule has 2 bridgehead atoms. The number of benzene rings is 1. The van der Waals surface area contributed by atoms with Gasteiger partial charge < -0.3 is 0 Å². The van der Waals surface area contributed by atoms with Gasteiger partial charge >= 0.3 is 0 Å². The van der Waals surface area contributed by atoms with Gasteiger partial charge in [0.2, 0.25) is 0 Å². The highest BCUT2D eigenvalue weighted by molar-refractivity contribution is 7.92. The lowest BCUT2D eigenvalue weighted by Crippen LogP contribution is -2.45. The van der Waals surface area contributed by atoms with E-state index in [1.54, 1.807) is 24.3 Å². The topological polar surface area (TPSA) is 75.0 Å². The van der Waals surface area contributed by atoms with Gasteiger partial charge in [-0.2, -0.15) is 5.26 Å². The first-order chi connectivity index (χ1) is 10.0. The van der Waals surface area contributed by atoms with E-state index in [9.17, 15) is 13.2 Å². The summed E-state index contributed by atoms with van der Waals surface area (Å²) in [6.07, 6.45) is 3.24. The molecule has 0 saturated carbocycles. The van der Waals surface area contributed by atoms with Crippen molar-refractivity contribution in [3.8, 4) is 6.07 Å². The molecule has 0 aromatic heterocycles. The fraction of sp³-hybridized carbons (Fsp3) is 0.500. The van der Waals surface area contributed by atoms with Crippen LogP contribution in [0.5, 0.6) is 0 Å². The second kappa shape index (κ2) is 5.27. The van der Waals surface area contributed by atoms with Gasteiger partial charge in [-0.15, -0.1) is 0 Å². The molecule has 4 nitrogen and oxygen atoms in total. The van der Waals surface area contributed by atoms with Crippen molar-refractivity contribution in [2.75, 3.05) is 0 Å². The highest BCUT2D eigenvalue weighted by Gasteiger charge is 2.45. The molecule has 2 unspecified atom stereocenters. The third kappa shape index (κ3) is 2.49. The second-order valence-corrected chi connectivity index (χ2v) is 8.50. The van der Waals surface area contributed by atoms with Crippen molar-refractivity contribution < 1.29 is 13.2 Å². The summed E-state index contributed by atoms with van der Waals surface area (Å²) in [6, 6.07) is 8.62. The zero-order chi connectivity index (χ0) is 15.0. The average molecular weight is 303 g/mol. The summed E-state index contributed by atoms with van der Waals surface area (Å²) in [6.45, 7) is 0. The van der Waals surface area contributed by atoms with E-state index >= 15 is 0 Å². The molecule has 2 heterocycles. The Morgan fingerprint density at radius 1 is 1.10 bits per heavy atom. The minimum Gasteiger partial charge on any atom is -0.294 e. The van der Waals surface area contributed by atoms with E-state index in [0.717, 1.165) is 6.42 Å². The number of nitriles is 1. The van der Waals surface area contributed by atoms with Gasteiger partial charge in [-0.25, -0.2) is 8.42 Å². The lowest BCUT2D eigenvalue weighted by molar-refractivity contribution is 0.0894. The molecule has 0 spiro atoms. The quantitative estimate of drug-likeness (QED) is 0.787. The van der Waals surface area contributed by atoms with Crippen LogP contribution in [-0.2, 0) is 9.84 Å². The van der Waals surface area contributed by atoms with Crippen molar-refractivity contribution in [3.05, 3.63) is 35.4 Å². The first kappa shape index (κ1) is 14.3. The second-order valence-electron chi connectivity index (χ2n) is 5.99. The number of hydrogen-bond donors (Lipinski definition) is 0. The lowest BCUT2D eigenvalue weighted by Gasteiger charge is -2.38. The molecule has 2 aliphatic heterocycles. The Kier molecular flexibility index (Phi) is 3.58. The molecular formula is C16H17NO3S. The summed E-state index contributed by atoms with van der Waals surface area (Å²) < 4.78 is 24.5.